The summed E-state index contributed by atoms with van der Waals surface area (Å²) in [6.45, 7) is 1.67. The lowest BCUT2D eigenvalue weighted by molar-refractivity contribution is -0.139. The first-order valence-corrected chi connectivity index (χ1v) is 5.14. The van der Waals surface area contributed by atoms with Gasteiger partial charge in [0.2, 0.25) is 0 Å². The van der Waals surface area contributed by atoms with Crippen LogP contribution in [0.15, 0.2) is 23.8 Å². The molecule has 3 nitrogen and oxygen atoms in total. The second kappa shape index (κ2) is 4.28. The molecule has 0 aromatic carbocycles. The van der Waals surface area contributed by atoms with Crippen LogP contribution in [0, 0.1) is 5.92 Å². The van der Waals surface area contributed by atoms with Crippen molar-refractivity contribution in [2.45, 2.75) is 17.9 Å². The van der Waals surface area contributed by atoms with Gasteiger partial charge in [-0.1, -0.05) is 12.2 Å². The second-order valence-electron chi connectivity index (χ2n) is 3.29. The highest BCUT2D eigenvalue weighted by molar-refractivity contribution is 9.10. The zero-order valence-electron chi connectivity index (χ0n) is 8.16. The van der Waals surface area contributed by atoms with E-state index < -0.39 is 16.4 Å². The lowest BCUT2D eigenvalue weighted by Gasteiger charge is -2.25. The summed E-state index contributed by atoms with van der Waals surface area (Å²) in [6, 6.07) is 0. The van der Waals surface area contributed by atoms with Gasteiger partial charge < -0.3 is 9.84 Å². The van der Waals surface area contributed by atoms with Crippen molar-refractivity contribution in [1.29, 1.82) is 0 Å². The number of ether oxygens (including phenoxy) is 1. The van der Waals surface area contributed by atoms with Gasteiger partial charge in [-0.15, -0.1) is 0 Å². The molecule has 0 amide bonds. The maximum Gasteiger partial charge on any atom is 0.310 e. The van der Waals surface area contributed by atoms with E-state index in [4.69, 9.17) is 9.84 Å². The summed E-state index contributed by atoms with van der Waals surface area (Å²) in [5, 5.41) is 8.80. The minimum atomic E-state index is -0.805. The van der Waals surface area contributed by atoms with Crippen LogP contribution < -0.4 is 0 Å². The number of halogens is 1. The fourth-order valence-electron chi connectivity index (χ4n) is 1.23. The Kier molecular flexibility index (Phi) is 3.50. The van der Waals surface area contributed by atoms with Gasteiger partial charge in [-0.3, -0.25) is 4.79 Å². The van der Waals surface area contributed by atoms with Gasteiger partial charge in [0.25, 0.3) is 0 Å². The Hall–Kier alpha value is -0.610. The van der Waals surface area contributed by atoms with Gasteiger partial charge in [-0.25, -0.2) is 0 Å². The Morgan fingerprint density at radius 2 is 2.43 bits per heavy atom. The molecular formula is C10H13BrO3. The van der Waals surface area contributed by atoms with Crippen molar-refractivity contribution in [2.75, 3.05) is 7.11 Å². The summed E-state index contributed by atoms with van der Waals surface area (Å²) in [5.41, 5.74) is 0.824. The average molecular weight is 261 g/mol. The maximum atomic E-state index is 10.7. The SMILES string of the molecule is COC1(Br)C=CC(C(C)C(=O)O)=CC1. The molecule has 0 aromatic rings. The number of carbonyl (C=O) groups is 1. The topological polar surface area (TPSA) is 46.5 Å². The van der Waals surface area contributed by atoms with Gasteiger partial charge in [0.1, 0.15) is 4.51 Å². The number of allylic oxidation sites excluding steroid dienone is 1. The van der Waals surface area contributed by atoms with Crippen molar-refractivity contribution < 1.29 is 14.6 Å². The van der Waals surface area contributed by atoms with Gasteiger partial charge in [0.05, 0.1) is 5.92 Å². The Bertz CT molecular complexity index is 296. The van der Waals surface area contributed by atoms with Crippen LogP contribution in [0.25, 0.3) is 0 Å². The molecule has 0 saturated heterocycles. The van der Waals surface area contributed by atoms with E-state index in [-0.39, 0.29) is 0 Å². The summed E-state index contributed by atoms with van der Waals surface area (Å²) in [7, 11) is 1.61. The highest BCUT2D eigenvalue weighted by Crippen LogP contribution is 2.32. The molecule has 78 valence electrons. The minimum Gasteiger partial charge on any atom is -0.481 e. The van der Waals surface area contributed by atoms with Crippen LogP contribution in [0.3, 0.4) is 0 Å². The van der Waals surface area contributed by atoms with Crippen LogP contribution in [-0.2, 0) is 9.53 Å². The monoisotopic (exact) mass is 260 g/mol. The van der Waals surface area contributed by atoms with E-state index in [0.29, 0.717) is 6.42 Å². The summed E-state index contributed by atoms with van der Waals surface area (Å²) in [5.74, 6) is -1.26. The molecule has 4 heteroatoms. The molecule has 14 heavy (non-hydrogen) atoms. The molecule has 0 heterocycles. The molecule has 1 rings (SSSR count). The van der Waals surface area contributed by atoms with Gasteiger partial charge in [0.15, 0.2) is 0 Å². The Morgan fingerprint density at radius 3 is 2.79 bits per heavy atom. The summed E-state index contributed by atoms with van der Waals surface area (Å²) < 4.78 is 4.74. The number of rotatable bonds is 3. The Morgan fingerprint density at radius 1 is 1.79 bits per heavy atom. The van der Waals surface area contributed by atoms with Crippen LogP contribution in [0.4, 0.5) is 0 Å². The van der Waals surface area contributed by atoms with E-state index in [1.165, 1.54) is 0 Å². The molecule has 1 aliphatic rings. The number of carboxylic acids is 1. The number of alkyl halides is 1. The fraction of sp³-hybridized carbons (Fsp3) is 0.500. The number of aliphatic carboxylic acids is 1. The average Bonchev–Trinajstić information content (AvgIpc) is 2.18. The quantitative estimate of drug-likeness (QED) is 0.793. The van der Waals surface area contributed by atoms with Crippen molar-refractivity contribution in [3.05, 3.63) is 23.8 Å². The van der Waals surface area contributed by atoms with Gasteiger partial charge >= 0.3 is 5.97 Å². The van der Waals surface area contributed by atoms with Crippen molar-refractivity contribution >= 4 is 21.9 Å². The molecule has 0 aromatic heterocycles. The first-order valence-electron chi connectivity index (χ1n) is 4.34. The van der Waals surface area contributed by atoms with E-state index in [0.717, 1.165) is 5.57 Å². The maximum absolute atomic E-state index is 10.7. The first kappa shape index (κ1) is 11.5. The highest BCUT2D eigenvalue weighted by atomic mass is 79.9. The predicted octanol–water partition coefficient (Wildman–Crippen LogP) is 2.33. The van der Waals surface area contributed by atoms with E-state index in [2.05, 4.69) is 15.9 Å². The minimum absolute atomic E-state index is 0.458. The van der Waals surface area contributed by atoms with Crippen molar-refractivity contribution in [3.8, 4) is 0 Å². The van der Waals surface area contributed by atoms with Gasteiger partial charge in [-0.2, -0.15) is 0 Å². The van der Waals surface area contributed by atoms with Crippen LogP contribution in [0.2, 0.25) is 0 Å². The van der Waals surface area contributed by atoms with E-state index in [1.54, 1.807) is 20.1 Å². The normalized spacial score (nSPS) is 28.4. The molecule has 2 unspecified atom stereocenters. The van der Waals surface area contributed by atoms with Crippen LogP contribution in [-0.4, -0.2) is 22.7 Å². The third kappa shape index (κ3) is 2.45. The van der Waals surface area contributed by atoms with Crippen molar-refractivity contribution in [1.82, 2.24) is 0 Å². The third-order valence-electron chi connectivity index (χ3n) is 2.35. The number of methoxy groups -OCH3 is 1. The molecular weight excluding hydrogens is 248 g/mol. The lowest BCUT2D eigenvalue weighted by atomic mass is 9.95. The molecule has 0 fully saturated rings. The molecule has 0 bridgehead atoms. The van der Waals surface area contributed by atoms with E-state index in [9.17, 15) is 4.79 Å². The fourth-order valence-corrected chi connectivity index (χ4v) is 1.52. The third-order valence-corrected chi connectivity index (χ3v) is 3.26. The smallest absolute Gasteiger partial charge is 0.310 e. The zero-order chi connectivity index (χ0) is 10.8. The standard InChI is InChI=1S/C10H13BrO3/c1-7(9(12)13)8-3-5-10(11,14-2)6-4-8/h3-5,7H,6H2,1-2H3,(H,12,13). The highest BCUT2D eigenvalue weighted by Gasteiger charge is 2.26. The molecule has 2 atom stereocenters. The lowest BCUT2D eigenvalue weighted by Crippen LogP contribution is -2.23. The summed E-state index contributed by atoms with van der Waals surface area (Å²) in [6.07, 6.45) is 6.16. The molecule has 1 aliphatic carbocycles. The largest absolute Gasteiger partial charge is 0.481 e. The van der Waals surface area contributed by atoms with E-state index >= 15 is 0 Å². The molecule has 1 N–H and O–H groups in total. The summed E-state index contributed by atoms with van der Waals surface area (Å²) in [4.78, 5) is 10.7. The Balaban J connectivity index is 2.73. The van der Waals surface area contributed by atoms with Crippen molar-refractivity contribution in [3.63, 3.8) is 0 Å². The second-order valence-corrected chi connectivity index (χ2v) is 4.63. The Labute approximate surface area is 91.6 Å². The molecule has 0 spiro atoms. The van der Waals surface area contributed by atoms with Crippen molar-refractivity contribution in [2.24, 2.45) is 5.92 Å². The van der Waals surface area contributed by atoms with E-state index in [1.807, 2.05) is 12.2 Å². The number of carboxylic acid groups (broad SMARTS) is 1. The van der Waals surface area contributed by atoms with Gasteiger partial charge in [0, 0.05) is 13.5 Å². The number of hydrogen-bond donors (Lipinski definition) is 1. The van der Waals surface area contributed by atoms with Crippen LogP contribution in [0.5, 0.6) is 0 Å². The molecule has 0 aliphatic heterocycles. The molecule has 0 saturated carbocycles. The number of hydrogen-bond acceptors (Lipinski definition) is 2. The molecule has 0 radical (unpaired) electrons. The summed E-state index contributed by atoms with van der Waals surface area (Å²) >= 11 is 3.41. The zero-order valence-corrected chi connectivity index (χ0v) is 9.74. The van der Waals surface area contributed by atoms with Gasteiger partial charge in [-0.05, 0) is 34.5 Å². The van der Waals surface area contributed by atoms with Crippen LogP contribution in [0.1, 0.15) is 13.3 Å². The predicted molar refractivity (Wildman–Crippen MR) is 57.3 cm³/mol. The first-order chi connectivity index (χ1) is 6.48. The van der Waals surface area contributed by atoms with Crippen LogP contribution >= 0.6 is 15.9 Å².